The number of rotatable bonds is 0. The van der Waals surface area contributed by atoms with E-state index in [0.717, 1.165) is 0 Å². The molecule has 14 heavy (non-hydrogen) atoms. The minimum absolute atomic E-state index is 0.188. The molecule has 0 heterocycles. The molecule has 6 heteroatoms. The van der Waals surface area contributed by atoms with Crippen LogP contribution in [0.1, 0.15) is 20.8 Å². The Bertz CT molecular complexity index is 208. The quantitative estimate of drug-likeness (QED) is 0.426. The maximum absolute atomic E-state index is 12.0. The van der Waals surface area contributed by atoms with Gasteiger partial charge in [0.05, 0.1) is 0 Å². The summed E-state index contributed by atoms with van der Waals surface area (Å²) in [6.07, 6.45) is -10.5. The van der Waals surface area contributed by atoms with E-state index < -0.39 is 23.3 Å². The highest BCUT2D eigenvalue weighted by Gasteiger charge is 2.51. The third-order valence-corrected chi connectivity index (χ3v) is 1.19. The van der Waals surface area contributed by atoms with E-state index >= 15 is 0 Å². The first kappa shape index (κ1) is 13.3. The molecular formula is C8H10F6. The zero-order valence-electron chi connectivity index (χ0n) is 7.85. The van der Waals surface area contributed by atoms with Gasteiger partial charge in [-0.15, -0.1) is 0 Å². The Morgan fingerprint density at radius 1 is 0.786 bits per heavy atom. The second-order valence-electron chi connectivity index (χ2n) is 3.92. The predicted molar refractivity (Wildman–Crippen MR) is 39.6 cm³/mol. The molecule has 0 aromatic carbocycles. The molecule has 0 spiro atoms. The van der Waals surface area contributed by atoms with Gasteiger partial charge in [0.2, 0.25) is 0 Å². The lowest BCUT2D eigenvalue weighted by Crippen LogP contribution is -2.27. The lowest BCUT2D eigenvalue weighted by atomic mass is 9.93. The molecule has 0 aliphatic heterocycles. The van der Waals surface area contributed by atoms with Crippen molar-refractivity contribution < 1.29 is 26.3 Å². The van der Waals surface area contributed by atoms with Crippen LogP contribution >= 0.6 is 0 Å². The summed E-state index contributed by atoms with van der Waals surface area (Å²) in [5.41, 5.74) is -3.61. The largest absolute Gasteiger partial charge is 0.421 e. The number of allylic oxidation sites excluding steroid dienone is 2. The van der Waals surface area contributed by atoms with Crippen LogP contribution in [0.15, 0.2) is 11.6 Å². The zero-order valence-corrected chi connectivity index (χ0v) is 7.85. The summed E-state index contributed by atoms with van der Waals surface area (Å²) >= 11 is 0. The summed E-state index contributed by atoms with van der Waals surface area (Å²) < 4.78 is 71.7. The third kappa shape index (κ3) is 4.53. The van der Waals surface area contributed by atoms with Gasteiger partial charge in [-0.3, -0.25) is 0 Å². The van der Waals surface area contributed by atoms with Crippen molar-refractivity contribution in [3.63, 3.8) is 0 Å². The van der Waals surface area contributed by atoms with E-state index in [2.05, 4.69) is 0 Å². The molecule has 0 unspecified atom stereocenters. The predicted octanol–water partition coefficient (Wildman–Crippen LogP) is 4.08. The van der Waals surface area contributed by atoms with E-state index in [1.165, 1.54) is 20.8 Å². The zero-order chi connectivity index (χ0) is 11.8. The van der Waals surface area contributed by atoms with Crippen LogP contribution in [0.4, 0.5) is 26.3 Å². The van der Waals surface area contributed by atoms with Crippen molar-refractivity contribution in [3.8, 4) is 0 Å². The lowest BCUT2D eigenvalue weighted by molar-refractivity contribution is -0.172. The summed E-state index contributed by atoms with van der Waals surface area (Å²) in [5, 5.41) is 0. The van der Waals surface area contributed by atoms with Crippen molar-refractivity contribution in [2.75, 3.05) is 0 Å². The average Bonchev–Trinajstić information content (AvgIpc) is 1.75. The molecule has 0 aliphatic carbocycles. The number of alkyl halides is 6. The molecule has 0 amide bonds. The Balaban J connectivity index is 5.26. The molecule has 0 aliphatic rings. The standard InChI is InChI=1S/C8H10F6/c1-6(2,3)4-5(7(9,10)11)8(12,13)14/h4H,1-3H3. The molecule has 0 aromatic rings. The van der Waals surface area contributed by atoms with Gasteiger partial charge in [-0.25, -0.2) is 0 Å². The maximum Gasteiger partial charge on any atom is 0.421 e. The summed E-state index contributed by atoms with van der Waals surface area (Å²) in [6.45, 7) is 3.81. The average molecular weight is 220 g/mol. The van der Waals surface area contributed by atoms with Crippen LogP contribution in [-0.2, 0) is 0 Å². The van der Waals surface area contributed by atoms with Crippen LogP contribution < -0.4 is 0 Å². The molecule has 0 radical (unpaired) electrons. The van der Waals surface area contributed by atoms with Gasteiger partial charge in [-0.2, -0.15) is 26.3 Å². The van der Waals surface area contributed by atoms with Crippen molar-refractivity contribution >= 4 is 0 Å². The van der Waals surface area contributed by atoms with Crippen LogP contribution in [0.2, 0.25) is 0 Å². The number of halogens is 6. The Kier molecular flexibility index (Phi) is 3.30. The first-order valence-electron chi connectivity index (χ1n) is 3.71. The Morgan fingerprint density at radius 3 is 1.14 bits per heavy atom. The first-order valence-corrected chi connectivity index (χ1v) is 3.71. The Morgan fingerprint density at radius 2 is 1.07 bits per heavy atom. The first-order chi connectivity index (χ1) is 5.84. The molecule has 84 valence electrons. The molecule has 0 rings (SSSR count). The van der Waals surface area contributed by atoms with E-state index in [-0.39, 0.29) is 6.08 Å². The van der Waals surface area contributed by atoms with E-state index in [1.807, 2.05) is 0 Å². The molecular weight excluding hydrogens is 210 g/mol. The van der Waals surface area contributed by atoms with Crippen LogP contribution in [0.25, 0.3) is 0 Å². The van der Waals surface area contributed by atoms with E-state index in [1.54, 1.807) is 0 Å². The van der Waals surface area contributed by atoms with Crippen LogP contribution in [0.5, 0.6) is 0 Å². The minimum Gasteiger partial charge on any atom is -0.166 e. The van der Waals surface area contributed by atoms with Gasteiger partial charge >= 0.3 is 12.4 Å². The Labute approximate surface area is 77.6 Å². The van der Waals surface area contributed by atoms with E-state index in [0.29, 0.717) is 0 Å². The van der Waals surface area contributed by atoms with E-state index in [4.69, 9.17) is 0 Å². The SMILES string of the molecule is CC(C)(C)C=C(C(F)(F)F)C(F)(F)F. The van der Waals surface area contributed by atoms with Crippen molar-refractivity contribution in [2.45, 2.75) is 33.1 Å². The summed E-state index contributed by atoms with van der Waals surface area (Å²) in [4.78, 5) is 0. The summed E-state index contributed by atoms with van der Waals surface area (Å²) in [7, 11) is 0. The molecule has 0 fully saturated rings. The van der Waals surface area contributed by atoms with Crippen molar-refractivity contribution in [2.24, 2.45) is 5.41 Å². The number of hydrogen-bond acceptors (Lipinski definition) is 0. The fourth-order valence-corrected chi connectivity index (χ4v) is 0.757. The van der Waals surface area contributed by atoms with Crippen LogP contribution in [0.3, 0.4) is 0 Å². The van der Waals surface area contributed by atoms with Crippen molar-refractivity contribution in [1.29, 1.82) is 0 Å². The second kappa shape index (κ2) is 3.47. The van der Waals surface area contributed by atoms with Gasteiger partial charge in [0.1, 0.15) is 5.57 Å². The summed E-state index contributed by atoms with van der Waals surface area (Å²) in [5.74, 6) is 0. The molecule has 0 aromatic heterocycles. The fraction of sp³-hybridized carbons (Fsp3) is 0.750. The lowest BCUT2D eigenvalue weighted by Gasteiger charge is -2.20. The van der Waals surface area contributed by atoms with Gasteiger partial charge in [0, 0.05) is 0 Å². The molecule has 0 atom stereocenters. The van der Waals surface area contributed by atoms with Gasteiger partial charge in [0.25, 0.3) is 0 Å². The smallest absolute Gasteiger partial charge is 0.166 e. The topological polar surface area (TPSA) is 0 Å². The van der Waals surface area contributed by atoms with Crippen LogP contribution in [0, 0.1) is 5.41 Å². The molecule has 0 bridgehead atoms. The molecule has 0 saturated carbocycles. The van der Waals surface area contributed by atoms with E-state index in [9.17, 15) is 26.3 Å². The number of hydrogen-bond donors (Lipinski definition) is 0. The van der Waals surface area contributed by atoms with Gasteiger partial charge < -0.3 is 0 Å². The normalized spacial score (nSPS) is 14.1. The summed E-state index contributed by atoms with van der Waals surface area (Å²) in [6, 6.07) is 0. The molecule has 0 N–H and O–H groups in total. The van der Waals surface area contributed by atoms with Crippen LogP contribution in [-0.4, -0.2) is 12.4 Å². The van der Waals surface area contributed by atoms with Gasteiger partial charge in [-0.1, -0.05) is 26.8 Å². The fourth-order valence-electron chi connectivity index (χ4n) is 0.757. The van der Waals surface area contributed by atoms with Gasteiger partial charge in [0.15, 0.2) is 0 Å². The highest BCUT2D eigenvalue weighted by atomic mass is 19.4. The molecule has 0 saturated heterocycles. The minimum atomic E-state index is -5.36. The van der Waals surface area contributed by atoms with Crippen molar-refractivity contribution in [3.05, 3.63) is 11.6 Å². The molecule has 0 nitrogen and oxygen atoms in total. The van der Waals surface area contributed by atoms with Gasteiger partial charge in [-0.05, 0) is 5.41 Å². The monoisotopic (exact) mass is 220 g/mol. The third-order valence-electron chi connectivity index (χ3n) is 1.19. The highest BCUT2D eigenvalue weighted by Crippen LogP contribution is 2.40. The van der Waals surface area contributed by atoms with Crippen molar-refractivity contribution in [1.82, 2.24) is 0 Å². The second-order valence-corrected chi connectivity index (χ2v) is 3.92. The maximum atomic E-state index is 12.0. The highest BCUT2D eigenvalue weighted by molar-refractivity contribution is 5.18. The Hall–Kier alpha value is -0.680.